The molecule has 3 rings (SSSR count). The highest BCUT2D eigenvalue weighted by Crippen LogP contribution is 2.32. The Hall–Kier alpha value is -1.20. The molecular weight excluding hydrogens is 222 g/mol. The van der Waals surface area contributed by atoms with Gasteiger partial charge in [-0.15, -0.1) is 11.3 Å². The smallest absolute Gasteiger partial charge is 0.248 e. The Morgan fingerprint density at radius 1 is 1.56 bits per heavy atom. The van der Waals surface area contributed by atoms with Crippen molar-refractivity contribution in [2.75, 3.05) is 0 Å². The molecule has 0 aromatic carbocycles. The molecule has 2 aromatic heterocycles. The van der Waals surface area contributed by atoms with E-state index < -0.39 is 0 Å². The van der Waals surface area contributed by atoms with E-state index in [0.717, 1.165) is 23.0 Å². The molecule has 1 unspecified atom stereocenters. The first-order chi connectivity index (χ1) is 7.83. The molecule has 1 aliphatic carbocycles. The van der Waals surface area contributed by atoms with E-state index in [1.165, 1.54) is 12.8 Å². The van der Waals surface area contributed by atoms with Crippen molar-refractivity contribution in [1.82, 2.24) is 10.1 Å². The number of hydrogen-bond donors (Lipinski definition) is 1. The van der Waals surface area contributed by atoms with Crippen molar-refractivity contribution in [2.45, 2.75) is 25.3 Å². The average Bonchev–Trinajstić information content (AvgIpc) is 2.82. The fraction of sp³-hybridized carbons (Fsp3) is 0.455. The van der Waals surface area contributed by atoms with Gasteiger partial charge in [-0.25, -0.2) is 0 Å². The van der Waals surface area contributed by atoms with Gasteiger partial charge in [0.25, 0.3) is 0 Å². The van der Waals surface area contributed by atoms with Crippen LogP contribution in [0, 0.1) is 5.92 Å². The number of thiophene rings is 1. The second-order valence-electron chi connectivity index (χ2n) is 4.19. The molecule has 5 heteroatoms. The van der Waals surface area contributed by atoms with Crippen molar-refractivity contribution in [2.24, 2.45) is 11.7 Å². The minimum absolute atomic E-state index is 0.277. The lowest BCUT2D eigenvalue weighted by molar-refractivity contribution is 0.363. The molecular formula is C11H13N3OS. The van der Waals surface area contributed by atoms with E-state index in [1.54, 1.807) is 11.3 Å². The Kier molecular flexibility index (Phi) is 2.49. The molecule has 2 heterocycles. The molecule has 1 atom stereocenters. The minimum atomic E-state index is -0.277. The third-order valence-electron chi connectivity index (χ3n) is 2.77. The summed E-state index contributed by atoms with van der Waals surface area (Å²) in [6, 6.07) is 3.68. The van der Waals surface area contributed by atoms with Crippen LogP contribution in [-0.4, -0.2) is 10.1 Å². The predicted octanol–water partition coefficient (Wildman–Crippen LogP) is 2.13. The van der Waals surface area contributed by atoms with Crippen LogP contribution in [-0.2, 0) is 6.42 Å². The maximum Gasteiger partial charge on any atom is 0.248 e. The van der Waals surface area contributed by atoms with Gasteiger partial charge >= 0.3 is 0 Å². The van der Waals surface area contributed by atoms with Crippen molar-refractivity contribution in [3.63, 3.8) is 0 Å². The van der Waals surface area contributed by atoms with Gasteiger partial charge in [-0.2, -0.15) is 4.98 Å². The standard InChI is InChI=1S/C11H13N3OS/c12-10(8-2-1-5-16-8)11-13-9(14-15-11)6-7-3-4-7/h1-2,5,7,10H,3-4,6,12H2. The van der Waals surface area contributed by atoms with Crippen LogP contribution in [0.15, 0.2) is 22.0 Å². The Balaban J connectivity index is 1.75. The van der Waals surface area contributed by atoms with Gasteiger partial charge in [-0.1, -0.05) is 11.2 Å². The van der Waals surface area contributed by atoms with Crippen LogP contribution in [0.4, 0.5) is 0 Å². The second-order valence-corrected chi connectivity index (χ2v) is 5.17. The molecule has 16 heavy (non-hydrogen) atoms. The highest BCUT2D eigenvalue weighted by molar-refractivity contribution is 7.10. The summed E-state index contributed by atoms with van der Waals surface area (Å²) < 4.78 is 5.20. The molecule has 2 N–H and O–H groups in total. The number of hydrogen-bond acceptors (Lipinski definition) is 5. The molecule has 2 aromatic rings. The van der Waals surface area contributed by atoms with Crippen LogP contribution in [0.3, 0.4) is 0 Å². The minimum Gasteiger partial charge on any atom is -0.337 e. The van der Waals surface area contributed by atoms with Gasteiger partial charge in [0, 0.05) is 11.3 Å². The molecule has 84 valence electrons. The summed E-state index contributed by atoms with van der Waals surface area (Å²) in [6.45, 7) is 0. The van der Waals surface area contributed by atoms with Crippen LogP contribution in [0.5, 0.6) is 0 Å². The van der Waals surface area contributed by atoms with Crippen molar-refractivity contribution in [3.8, 4) is 0 Å². The van der Waals surface area contributed by atoms with Gasteiger partial charge < -0.3 is 10.3 Å². The van der Waals surface area contributed by atoms with Crippen molar-refractivity contribution in [1.29, 1.82) is 0 Å². The fourth-order valence-electron chi connectivity index (χ4n) is 1.65. The van der Waals surface area contributed by atoms with E-state index in [-0.39, 0.29) is 6.04 Å². The van der Waals surface area contributed by atoms with E-state index in [0.29, 0.717) is 5.89 Å². The molecule has 0 spiro atoms. The van der Waals surface area contributed by atoms with Gasteiger partial charge in [-0.05, 0) is 30.2 Å². The third-order valence-corrected chi connectivity index (χ3v) is 3.72. The first kappa shape index (κ1) is 9.99. The lowest BCUT2D eigenvalue weighted by atomic mass is 10.2. The molecule has 0 amide bonds. The number of nitrogens with two attached hydrogens (primary N) is 1. The Morgan fingerprint density at radius 2 is 2.44 bits per heavy atom. The number of aromatic nitrogens is 2. The summed E-state index contributed by atoms with van der Waals surface area (Å²) in [6.07, 6.45) is 3.52. The zero-order valence-corrected chi connectivity index (χ0v) is 9.61. The predicted molar refractivity (Wildman–Crippen MR) is 61.1 cm³/mol. The molecule has 1 fully saturated rings. The molecule has 4 nitrogen and oxygen atoms in total. The highest BCUT2D eigenvalue weighted by atomic mass is 32.1. The largest absolute Gasteiger partial charge is 0.337 e. The SMILES string of the molecule is NC(c1nc(CC2CC2)no1)c1cccs1. The van der Waals surface area contributed by atoms with E-state index in [1.807, 2.05) is 17.5 Å². The summed E-state index contributed by atoms with van der Waals surface area (Å²) in [5.41, 5.74) is 6.03. The van der Waals surface area contributed by atoms with Crippen LogP contribution in [0.1, 0.15) is 35.5 Å². The zero-order valence-electron chi connectivity index (χ0n) is 8.80. The lowest BCUT2D eigenvalue weighted by Gasteiger charge is -2.01. The lowest BCUT2D eigenvalue weighted by Crippen LogP contribution is -2.10. The van der Waals surface area contributed by atoms with Gasteiger partial charge in [0.05, 0.1) is 0 Å². The molecule has 0 aliphatic heterocycles. The third kappa shape index (κ3) is 2.01. The number of rotatable bonds is 4. The molecule has 0 bridgehead atoms. The van der Waals surface area contributed by atoms with Crippen LogP contribution >= 0.6 is 11.3 Å². The average molecular weight is 235 g/mol. The highest BCUT2D eigenvalue weighted by Gasteiger charge is 2.25. The fourth-order valence-corrected chi connectivity index (χ4v) is 2.37. The van der Waals surface area contributed by atoms with E-state index in [4.69, 9.17) is 10.3 Å². The summed E-state index contributed by atoms with van der Waals surface area (Å²) in [4.78, 5) is 5.41. The topological polar surface area (TPSA) is 64.9 Å². The first-order valence-electron chi connectivity index (χ1n) is 5.44. The molecule has 0 saturated heterocycles. The Morgan fingerprint density at radius 3 is 3.12 bits per heavy atom. The van der Waals surface area contributed by atoms with Crippen LogP contribution in [0.25, 0.3) is 0 Å². The summed E-state index contributed by atoms with van der Waals surface area (Å²) in [7, 11) is 0. The summed E-state index contributed by atoms with van der Waals surface area (Å²) in [5.74, 6) is 2.09. The molecule has 0 radical (unpaired) electrons. The number of nitrogens with zero attached hydrogens (tertiary/aromatic N) is 2. The normalized spacial score (nSPS) is 17.6. The quantitative estimate of drug-likeness (QED) is 0.881. The van der Waals surface area contributed by atoms with Crippen molar-refractivity contribution in [3.05, 3.63) is 34.1 Å². The van der Waals surface area contributed by atoms with Crippen LogP contribution < -0.4 is 5.73 Å². The summed E-state index contributed by atoms with van der Waals surface area (Å²) in [5, 5.41) is 5.96. The van der Waals surface area contributed by atoms with Crippen LogP contribution in [0.2, 0.25) is 0 Å². The second kappa shape index (κ2) is 3.99. The van der Waals surface area contributed by atoms with E-state index in [2.05, 4.69) is 10.1 Å². The van der Waals surface area contributed by atoms with Gasteiger partial charge in [0.1, 0.15) is 6.04 Å². The molecule has 1 aliphatic rings. The Bertz CT molecular complexity index is 461. The zero-order chi connectivity index (χ0) is 11.0. The monoisotopic (exact) mass is 235 g/mol. The maximum absolute atomic E-state index is 6.03. The van der Waals surface area contributed by atoms with E-state index in [9.17, 15) is 0 Å². The molecule has 1 saturated carbocycles. The summed E-state index contributed by atoms with van der Waals surface area (Å²) >= 11 is 1.61. The van der Waals surface area contributed by atoms with Gasteiger partial charge in [0.2, 0.25) is 5.89 Å². The van der Waals surface area contributed by atoms with Gasteiger partial charge in [-0.3, -0.25) is 0 Å². The van der Waals surface area contributed by atoms with Gasteiger partial charge in [0.15, 0.2) is 5.82 Å². The Labute approximate surface area is 97.5 Å². The van der Waals surface area contributed by atoms with Crippen molar-refractivity contribution < 1.29 is 4.52 Å². The van der Waals surface area contributed by atoms with Crippen molar-refractivity contribution >= 4 is 11.3 Å². The van der Waals surface area contributed by atoms with E-state index >= 15 is 0 Å². The first-order valence-corrected chi connectivity index (χ1v) is 6.32. The maximum atomic E-state index is 6.03.